The molecular weight excluding hydrogens is 232 g/mol. The molecule has 88 valence electrons. The van der Waals surface area contributed by atoms with Gasteiger partial charge in [0, 0.05) is 0 Å². The Bertz CT molecular complexity index is 416. The molecule has 0 saturated heterocycles. The Morgan fingerprint density at radius 3 is 2.12 bits per heavy atom. The van der Waals surface area contributed by atoms with Gasteiger partial charge in [0.2, 0.25) is 5.75 Å². The smallest absolute Gasteiger partial charge is 0.337 e. The van der Waals surface area contributed by atoms with Crippen LogP contribution in [0, 0.1) is 0 Å². The summed E-state index contributed by atoms with van der Waals surface area (Å²) in [5, 5.41) is 8.97. The van der Waals surface area contributed by atoms with Crippen LogP contribution in [0.2, 0.25) is 0 Å². The summed E-state index contributed by atoms with van der Waals surface area (Å²) >= 11 is 4.10. The van der Waals surface area contributed by atoms with Crippen LogP contribution in [0.25, 0.3) is 0 Å². The van der Waals surface area contributed by atoms with Crippen LogP contribution in [0.15, 0.2) is 11.0 Å². The Balaban J connectivity index is 3.54. The molecule has 0 atom stereocenters. The molecule has 1 aromatic carbocycles. The molecule has 1 aromatic rings. The highest BCUT2D eigenvalue weighted by Crippen LogP contribution is 2.43. The average Bonchev–Trinajstić information content (AvgIpc) is 2.27. The summed E-state index contributed by atoms with van der Waals surface area (Å²) in [4.78, 5) is 11.2. The molecule has 0 saturated carbocycles. The van der Waals surface area contributed by atoms with E-state index in [9.17, 15) is 4.79 Å². The van der Waals surface area contributed by atoms with Crippen molar-refractivity contribution in [2.75, 3.05) is 21.3 Å². The number of benzene rings is 1. The van der Waals surface area contributed by atoms with Crippen molar-refractivity contribution in [3.8, 4) is 17.2 Å². The van der Waals surface area contributed by atoms with Gasteiger partial charge in [-0.2, -0.15) is 0 Å². The van der Waals surface area contributed by atoms with Crippen LogP contribution in [0.1, 0.15) is 10.4 Å². The second-order valence-corrected chi connectivity index (χ2v) is 3.29. The number of hydrogen-bond donors (Lipinski definition) is 2. The van der Waals surface area contributed by atoms with E-state index in [0.717, 1.165) is 0 Å². The SMILES string of the molecule is COc1cc(C(=O)O)c(S)c(OC)c1OC. The summed E-state index contributed by atoms with van der Waals surface area (Å²) < 4.78 is 15.2. The maximum atomic E-state index is 11.0. The highest BCUT2D eigenvalue weighted by Gasteiger charge is 2.21. The maximum absolute atomic E-state index is 11.0. The lowest BCUT2D eigenvalue weighted by Crippen LogP contribution is -2.03. The number of ether oxygens (including phenoxy) is 3. The summed E-state index contributed by atoms with van der Waals surface area (Å²) in [7, 11) is 4.26. The van der Waals surface area contributed by atoms with Crippen molar-refractivity contribution in [1.29, 1.82) is 0 Å². The Hall–Kier alpha value is -1.56. The van der Waals surface area contributed by atoms with Crippen LogP contribution in [0.3, 0.4) is 0 Å². The summed E-state index contributed by atoms with van der Waals surface area (Å²) in [5.41, 5.74) is -0.00201. The van der Waals surface area contributed by atoms with Gasteiger partial charge >= 0.3 is 5.97 Å². The van der Waals surface area contributed by atoms with E-state index >= 15 is 0 Å². The van der Waals surface area contributed by atoms with E-state index in [2.05, 4.69) is 12.6 Å². The Morgan fingerprint density at radius 1 is 1.19 bits per heavy atom. The van der Waals surface area contributed by atoms with E-state index < -0.39 is 5.97 Å². The van der Waals surface area contributed by atoms with Crippen LogP contribution in [0.4, 0.5) is 0 Å². The van der Waals surface area contributed by atoms with Gasteiger partial charge in [-0.15, -0.1) is 12.6 Å². The zero-order chi connectivity index (χ0) is 12.3. The number of carboxylic acid groups (broad SMARTS) is 1. The van der Waals surface area contributed by atoms with Crippen molar-refractivity contribution in [2.24, 2.45) is 0 Å². The quantitative estimate of drug-likeness (QED) is 0.789. The monoisotopic (exact) mass is 244 g/mol. The minimum Gasteiger partial charge on any atom is -0.493 e. The lowest BCUT2D eigenvalue weighted by Gasteiger charge is -2.15. The molecule has 0 radical (unpaired) electrons. The number of rotatable bonds is 4. The molecule has 0 spiro atoms. The van der Waals surface area contributed by atoms with E-state index in [4.69, 9.17) is 19.3 Å². The first-order chi connectivity index (χ1) is 7.56. The summed E-state index contributed by atoms with van der Waals surface area (Å²) in [6.45, 7) is 0. The van der Waals surface area contributed by atoms with Gasteiger partial charge < -0.3 is 19.3 Å². The first kappa shape index (κ1) is 12.5. The third-order valence-electron chi connectivity index (χ3n) is 2.03. The fraction of sp³-hybridized carbons (Fsp3) is 0.300. The number of thiol groups is 1. The molecule has 16 heavy (non-hydrogen) atoms. The van der Waals surface area contributed by atoms with E-state index in [1.807, 2.05) is 0 Å². The first-order valence-corrected chi connectivity index (χ1v) is 4.76. The fourth-order valence-corrected chi connectivity index (χ4v) is 1.66. The zero-order valence-electron chi connectivity index (χ0n) is 9.10. The number of carboxylic acids is 1. The third kappa shape index (κ3) is 2.01. The van der Waals surface area contributed by atoms with Crippen LogP contribution >= 0.6 is 12.6 Å². The van der Waals surface area contributed by atoms with Crippen LogP contribution in [-0.2, 0) is 0 Å². The van der Waals surface area contributed by atoms with Gasteiger partial charge in [-0.1, -0.05) is 0 Å². The van der Waals surface area contributed by atoms with Crippen molar-refractivity contribution >= 4 is 18.6 Å². The second-order valence-electron chi connectivity index (χ2n) is 2.85. The first-order valence-electron chi connectivity index (χ1n) is 4.32. The van der Waals surface area contributed by atoms with Crippen LogP contribution < -0.4 is 14.2 Å². The molecule has 0 fully saturated rings. The van der Waals surface area contributed by atoms with Gasteiger partial charge in [-0.25, -0.2) is 4.79 Å². The molecule has 0 aliphatic carbocycles. The summed E-state index contributed by atoms with van der Waals surface area (Å²) in [6, 6.07) is 1.34. The van der Waals surface area contributed by atoms with Gasteiger partial charge in [-0.3, -0.25) is 0 Å². The van der Waals surface area contributed by atoms with Gasteiger partial charge in [0.05, 0.1) is 31.8 Å². The zero-order valence-corrected chi connectivity index (χ0v) is 10.00. The fourth-order valence-electron chi connectivity index (χ4n) is 1.30. The van der Waals surface area contributed by atoms with Gasteiger partial charge in [-0.05, 0) is 6.07 Å². The maximum Gasteiger partial charge on any atom is 0.337 e. The largest absolute Gasteiger partial charge is 0.493 e. The van der Waals surface area contributed by atoms with Gasteiger partial charge in [0.25, 0.3) is 0 Å². The Labute approximate surface area is 98.3 Å². The van der Waals surface area contributed by atoms with Gasteiger partial charge in [0.15, 0.2) is 11.5 Å². The van der Waals surface area contributed by atoms with E-state index in [-0.39, 0.29) is 22.0 Å². The standard InChI is InChI=1S/C10H12O5S/c1-13-6-4-5(10(11)12)9(16)8(15-3)7(6)14-2/h4,16H,1-3H3,(H,11,12). The van der Waals surface area contributed by atoms with Crippen LogP contribution in [0.5, 0.6) is 17.2 Å². The molecule has 0 aliphatic heterocycles. The summed E-state index contributed by atoms with van der Waals surface area (Å²) in [6.07, 6.45) is 0. The van der Waals surface area contributed by atoms with E-state index in [1.54, 1.807) is 0 Å². The third-order valence-corrected chi connectivity index (χ3v) is 2.48. The molecule has 0 amide bonds. The molecule has 1 rings (SSSR count). The van der Waals surface area contributed by atoms with Crippen molar-refractivity contribution in [2.45, 2.75) is 4.90 Å². The highest BCUT2D eigenvalue weighted by molar-refractivity contribution is 7.80. The molecule has 1 N–H and O–H groups in total. The lowest BCUT2D eigenvalue weighted by molar-refractivity contribution is 0.0692. The second kappa shape index (κ2) is 4.98. The van der Waals surface area contributed by atoms with Crippen molar-refractivity contribution in [3.63, 3.8) is 0 Å². The molecule has 0 aromatic heterocycles. The minimum absolute atomic E-state index is 0.00201. The Morgan fingerprint density at radius 2 is 1.75 bits per heavy atom. The molecule has 0 bridgehead atoms. The number of hydrogen-bond acceptors (Lipinski definition) is 5. The van der Waals surface area contributed by atoms with E-state index in [1.165, 1.54) is 27.4 Å². The Kier molecular flexibility index (Phi) is 3.89. The number of aromatic carboxylic acids is 1. The minimum atomic E-state index is -1.11. The summed E-state index contributed by atoms with van der Waals surface area (Å²) in [5.74, 6) is -0.263. The highest BCUT2D eigenvalue weighted by atomic mass is 32.1. The predicted octanol–water partition coefficient (Wildman–Crippen LogP) is 1.70. The normalized spacial score (nSPS) is 9.75. The molecule has 6 heteroatoms. The molecular formula is C10H12O5S. The molecule has 0 heterocycles. The van der Waals surface area contributed by atoms with Gasteiger partial charge in [0.1, 0.15) is 0 Å². The topological polar surface area (TPSA) is 65.0 Å². The predicted molar refractivity (Wildman–Crippen MR) is 60.3 cm³/mol. The average molecular weight is 244 g/mol. The number of methoxy groups -OCH3 is 3. The van der Waals surface area contributed by atoms with Crippen molar-refractivity contribution in [3.05, 3.63) is 11.6 Å². The van der Waals surface area contributed by atoms with Crippen LogP contribution in [-0.4, -0.2) is 32.4 Å². The van der Waals surface area contributed by atoms with E-state index in [0.29, 0.717) is 5.75 Å². The molecule has 5 nitrogen and oxygen atoms in total. The lowest BCUT2D eigenvalue weighted by atomic mass is 10.2. The van der Waals surface area contributed by atoms with Crippen molar-refractivity contribution in [1.82, 2.24) is 0 Å². The number of carbonyl (C=O) groups is 1. The molecule has 0 unspecified atom stereocenters. The molecule has 0 aliphatic rings. The van der Waals surface area contributed by atoms with Crippen molar-refractivity contribution < 1.29 is 24.1 Å².